The highest BCUT2D eigenvalue weighted by atomic mass is 33.1. The lowest BCUT2D eigenvalue weighted by Gasteiger charge is -2.29. The number of aromatic nitrogens is 1. The molecule has 6 rings (SSSR count). The van der Waals surface area contributed by atoms with Gasteiger partial charge in [-0.3, -0.25) is 33.6 Å². The highest BCUT2D eigenvalue weighted by molar-refractivity contribution is 8.76. The van der Waals surface area contributed by atoms with Crippen molar-refractivity contribution in [1.82, 2.24) is 42.2 Å². The fourth-order valence-corrected chi connectivity index (χ4v) is 10.8. The smallest absolute Gasteiger partial charge is 0.245 e. The Bertz CT molecular complexity index is 2640. The van der Waals surface area contributed by atoms with Crippen molar-refractivity contribution in [3.8, 4) is 0 Å². The number of aromatic amines is 1. The summed E-state index contributed by atoms with van der Waals surface area (Å²) in [5, 5.41) is 31.5. The van der Waals surface area contributed by atoms with E-state index in [0.29, 0.717) is 36.3 Å². The van der Waals surface area contributed by atoms with E-state index >= 15 is 0 Å². The lowest BCUT2D eigenvalue weighted by atomic mass is 10.00. The molecule has 20 heteroatoms. The van der Waals surface area contributed by atoms with E-state index in [9.17, 15) is 38.7 Å². The highest BCUT2D eigenvalue weighted by Crippen LogP contribution is 2.23. The molecule has 18 nitrogen and oxygen atoms in total. The standard InChI is InChI=1S/C54H68N10O8S2/c1-33-31-73-74-32-40(56)48(66)60-44(27-36-18-8-4-9-19-36)51(69)61-45(28-37-20-10-5-11-21-37)52(70)62-46(29-38-30-57-41-23-13-12-22-39(38)41)53(71)59-42(24-14-15-25-55)49(67)64-47(34(2)65)54(72)63-43(50(68)58-33)26-35-16-6-3-7-17-35/h3-13,16-23,30,33-34,40,42-47,57,65H,14-15,24-29,31-32,55-56H2,1-2H3,(H,58,68)(H,59,71)(H,60,66)(H,61,69)(H,62,70)(H,63,72)(H,64,67)/t33-,34-,40+,42+,43+,44+,45+,46-,47+/m1/s1. The monoisotopic (exact) mass is 1050 g/mol. The largest absolute Gasteiger partial charge is 0.391 e. The van der Waals surface area contributed by atoms with E-state index in [1.165, 1.54) is 28.5 Å². The fraction of sp³-hybridized carbons (Fsp3) is 0.389. The Morgan fingerprint density at radius 1 is 0.527 bits per heavy atom. The third-order valence-corrected chi connectivity index (χ3v) is 15.1. The molecule has 1 aliphatic heterocycles. The van der Waals surface area contributed by atoms with Gasteiger partial charge in [-0.2, -0.15) is 0 Å². The number of carbonyl (C=O) groups excluding carboxylic acids is 7. The molecule has 0 radical (unpaired) electrons. The molecular formula is C54H68N10O8S2. The van der Waals surface area contributed by atoms with Gasteiger partial charge in [0.2, 0.25) is 41.4 Å². The number of aliphatic hydroxyl groups excluding tert-OH is 1. The van der Waals surface area contributed by atoms with E-state index in [1.54, 1.807) is 61.7 Å². The first-order chi connectivity index (χ1) is 35.7. The van der Waals surface area contributed by atoms with Gasteiger partial charge in [0, 0.05) is 60.3 Å². The number of unbranched alkanes of at least 4 members (excludes halogenated alkanes) is 1. The van der Waals surface area contributed by atoms with Crippen LogP contribution in [0.4, 0.5) is 0 Å². The van der Waals surface area contributed by atoms with Crippen LogP contribution < -0.4 is 48.7 Å². The Balaban J connectivity index is 1.37. The Labute approximate surface area is 439 Å². The van der Waals surface area contributed by atoms with Crippen LogP contribution >= 0.6 is 21.6 Å². The number of fused-ring (bicyclic) bond motifs is 1. The minimum absolute atomic E-state index is 0.00276. The summed E-state index contributed by atoms with van der Waals surface area (Å²) in [5.74, 6) is -4.39. The molecule has 5 aromatic rings. The Morgan fingerprint density at radius 2 is 0.959 bits per heavy atom. The van der Waals surface area contributed by atoms with Crippen LogP contribution in [0.5, 0.6) is 0 Å². The zero-order valence-corrected chi connectivity index (χ0v) is 43.2. The van der Waals surface area contributed by atoms with Crippen molar-refractivity contribution in [2.45, 2.75) is 113 Å². The van der Waals surface area contributed by atoms with Crippen LogP contribution in [0.3, 0.4) is 0 Å². The molecule has 7 amide bonds. The number of rotatable bonds is 13. The van der Waals surface area contributed by atoms with Crippen LogP contribution in [0.2, 0.25) is 0 Å². The number of hydrogen-bond donors (Lipinski definition) is 11. The fourth-order valence-electron chi connectivity index (χ4n) is 8.42. The van der Waals surface area contributed by atoms with Crippen molar-refractivity contribution < 1.29 is 38.7 Å². The molecule has 4 aromatic carbocycles. The number of nitrogens with one attached hydrogen (secondary N) is 8. The third-order valence-electron chi connectivity index (χ3n) is 12.5. The van der Waals surface area contributed by atoms with Gasteiger partial charge in [0.15, 0.2) is 0 Å². The number of aliphatic hydroxyl groups is 1. The van der Waals surface area contributed by atoms with E-state index in [1.807, 2.05) is 66.7 Å². The van der Waals surface area contributed by atoms with Crippen molar-refractivity contribution in [1.29, 1.82) is 0 Å². The summed E-state index contributed by atoms with van der Waals surface area (Å²) in [6, 6.07) is 25.3. The molecule has 1 aliphatic rings. The maximum absolute atomic E-state index is 14.8. The van der Waals surface area contributed by atoms with Gasteiger partial charge in [-0.05, 0) is 68.0 Å². The summed E-state index contributed by atoms with van der Waals surface area (Å²) in [6.45, 7) is 3.40. The highest BCUT2D eigenvalue weighted by Gasteiger charge is 2.36. The minimum atomic E-state index is -1.57. The summed E-state index contributed by atoms with van der Waals surface area (Å²) >= 11 is 0. The van der Waals surface area contributed by atoms with Gasteiger partial charge in [0.25, 0.3) is 0 Å². The first-order valence-corrected chi connectivity index (χ1v) is 27.3. The Morgan fingerprint density at radius 3 is 1.49 bits per heavy atom. The predicted molar refractivity (Wildman–Crippen MR) is 289 cm³/mol. The topological polar surface area (TPSA) is 292 Å². The molecule has 1 aromatic heterocycles. The van der Waals surface area contributed by atoms with Crippen LogP contribution in [0.15, 0.2) is 121 Å². The average molecular weight is 1050 g/mol. The normalized spacial score (nSPS) is 24.0. The van der Waals surface area contributed by atoms with Crippen molar-refractivity contribution in [3.05, 3.63) is 144 Å². The van der Waals surface area contributed by atoms with Gasteiger partial charge in [0.05, 0.1) is 12.1 Å². The molecule has 0 unspecified atom stereocenters. The number of amides is 7. The maximum atomic E-state index is 14.8. The summed E-state index contributed by atoms with van der Waals surface area (Å²) in [4.78, 5) is 104. The number of nitrogens with two attached hydrogens (primary N) is 2. The van der Waals surface area contributed by atoms with Crippen molar-refractivity contribution in [2.75, 3.05) is 18.1 Å². The number of H-pyrrole nitrogens is 1. The van der Waals surface area contributed by atoms with Crippen molar-refractivity contribution in [3.63, 3.8) is 0 Å². The molecule has 0 spiro atoms. The molecule has 1 fully saturated rings. The molecule has 0 saturated carbocycles. The first-order valence-electron chi connectivity index (χ1n) is 24.9. The van der Waals surface area contributed by atoms with Crippen LogP contribution in [0.25, 0.3) is 10.9 Å². The van der Waals surface area contributed by atoms with E-state index in [0.717, 1.165) is 22.0 Å². The van der Waals surface area contributed by atoms with E-state index in [-0.39, 0.29) is 37.9 Å². The number of carbonyl (C=O) groups is 7. The summed E-state index contributed by atoms with van der Waals surface area (Å²) in [5.41, 5.74) is 15.9. The molecule has 0 aliphatic carbocycles. The van der Waals surface area contributed by atoms with Crippen molar-refractivity contribution >= 4 is 73.8 Å². The van der Waals surface area contributed by atoms with Gasteiger partial charge < -0.3 is 58.8 Å². The molecular weight excluding hydrogens is 981 g/mol. The second-order valence-electron chi connectivity index (χ2n) is 18.5. The minimum Gasteiger partial charge on any atom is -0.391 e. The van der Waals surface area contributed by atoms with E-state index in [2.05, 4.69) is 42.2 Å². The maximum Gasteiger partial charge on any atom is 0.245 e. The zero-order chi connectivity index (χ0) is 53.0. The summed E-state index contributed by atoms with van der Waals surface area (Å²) < 4.78 is 0. The second-order valence-corrected chi connectivity index (χ2v) is 21.1. The quantitative estimate of drug-likeness (QED) is 0.0598. The third kappa shape index (κ3) is 17.2. The average Bonchev–Trinajstić information content (AvgIpc) is 3.80. The zero-order valence-electron chi connectivity index (χ0n) is 41.6. The number of benzene rings is 4. The van der Waals surface area contributed by atoms with Gasteiger partial charge in [-0.15, -0.1) is 0 Å². The molecule has 0 bridgehead atoms. The molecule has 1 saturated heterocycles. The van der Waals surface area contributed by atoms with Gasteiger partial charge in [0.1, 0.15) is 36.3 Å². The molecule has 2 heterocycles. The summed E-state index contributed by atoms with van der Waals surface area (Å²) in [7, 11) is 2.67. The lowest BCUT2D eigenvalue weighted by Crippen LogP contribution is -2.62. The van der Waals surface area contributed by atoms with Gasteiger partial charge in [-0.1, -0.05) is 131 Å². The van der Waals surface area contributed by atoms with E-state index in [4.69, 9.17) is 11.5 Å². The van der Waals surface area contributed by atoms with Crippen molar-refractivity contribution in [2.24, 2.45) is 11.5 Å². The SMILES string of the molecule is C[C@@H]1CSSC[C@H](N)C(=O)N[C@@H](Cc2ccccc2)C(=O)N[C@@H](Cc2ccccc2)C(=O)N[C@H](Cc2c[nH]c3ccccc23)C(=O)N[C@@H](CCCCN)C(=O)N[C@@H]([C@@H](C)O)C(=O)N[C@@H](Cc2ccccc2)C(=O)N1. The molecule has 74 heavy (non-hydrogen) atoms. The predicted octanol–water partition coefficient (Wildman–Crippen LogP) is 2.08. The molecule has 13 N–H and O–H groups in total. The van der Waals surface area contributed by atoms with Crippen LogP contribution in [0, 0.1) is 0 Å². The Hall–Kier alpha value is -6.71. The summed E-state index contributed by atoms with van der Waals surface area (Å²) in [6.07, 6.45) is 1.28. The van der Waals surface area contributed by atoms with Crippen LogP contribution in [0.1, 0.15) is 55.4 Å². The molecule has 394 valence electrons. The Kier molecular flexibility index (Phi) is 21.9. The van der Waals surface area contributed by atoms with Crippen LogP contribution in [-0.4, -0.2) is 124 Å². The number of hydrogen-bond acceptors (Lipinski definition) is 12. The molecule has 9 atom stereocenters. The number of para-hydroxylation sites is 1. The lowest BCUT2D eigenvalue weighted by molar-refractivity contribution is -0.136. The van der Waals surface area contributed by atoms with Gasteiger partial charge >= 0.3 is 0 Å². The van der Waals surface area contributed by atoms with E-state index < -0.39 is 95.8 Å². The second kappa shape index (κ2) is 28.7. The van der Waals surface area contributed by atoms with Gasteiger partial charge in [-0.25, -0.2) is 0 Å². The van der Waals surface area contributed by atoms with Crippen LogP contribution in [-0.2, 0) is 59.2 Å². The first kappa shape index (κ1) is 56.6.